The quantitative estimate of drug-likeness (QED) is 0.792. The lowest BCUT2D eigenvalue weighted by molar-refractivity contribution is -0.139. The maximum absolute atomic E-state index is 12.9. The molecule has 0 fully saturated rings. The summed E-state index contributed by atoms with van der Waals surface area (Å²) in [6.45, 7) is 0. The van der Waals surface area contributed by atoms with Crippen molar-refractivity contribution in [3.8, 4) is 11.1 Å². The predicted octanol–water partition coefficient (Wildman–Crippen LogP) is 3.69. The van der Waals surface area contributed by atoms with Crippen LogP contribution < -0.4 is 0 Å². The van der Waals surface area contributed by atoms with E-state index in [1.54, 1.807) is 12.1 Å². The zero-order valence-corrected chi connectivity index (χ0v) is 11.3. The highest BCUT2D eigenvalue weighted by atomic mass is 35.7. The summed E-state index contributed by atoms with van der Waals surface area (Å²) >= 11 is 0. The van der Waals surface area contributed by atoms with Gasteiger partial charge in [0.15, 0.2) is 0 Å². The Hall–Kier alpha value is -1.60. The summed E-state index contributed by atoms with van der Waals surface area (Å²) in [7, 11) is 0.549. The Bertz CT molecular complexity index is 730. The molecule has 0 radical (unpaired) electrons. The summed E-state index contributed by atoms with van der Waals surface area (Å²) in [5.74, 6) is 0. The van der Waals surface area contributed by atoms with Crippen LogP contribution in [0.3, 0.4) is 0 Å². The molecule has 1 heterocycles. The fraction of sp³-hybridized carbons (Fsp3) is 0.0833. The molecule has 20 heavy (non-hydrogen) atoms. The van der Waals surface area contributed by atoms with Crippen LogP contribution >= 0.6 is 10.7 Å². The molecule has 0 spiro atoms. The number of aromatic nitrogens is 1. The highest BCUT2D eigenvalue weighted by Gasteiger charge is 2.37. The summed E-state index contributed by atoms with van der Waals surface area (Å²) in [6, 6.07) is 5.97. The van der Waals surface area contributed by atoms with Crippen LogP contribution in [0.1, 0.15) is 5.56 Å². The molecule has 1 aromatic carbocycles. The van der Waals surface area contributed by atoms with E-state index in [0.29, 0.717) is 5.56 Å². The van der Waals surface area contributed by atoms with E-state index in [0.717, 1.165) is 12.1 Å². The summed E-state index contributed by atoms with van der Waals surface area (Å²) in [4.78, 5) is 2.84. The third-order valence-corrected chi connectivity index (χ3v) is 3.92. The van der Waals surface area contributed by atoms with Gasteiger partial charge in [0.25, 0.3) is 9.05 Å². The van der Waals surface area contributed by atoms with Gasteiger partial charge in [-0.1, -0.05) is 12.1 Å². The smallest absolute Gasteiger partial charge is 0.264 e. The molecule has 0 atom stereocenters. The van der Waals surface area contributed by atoms with Crippen LogP contribution in [0.25, 0.3) is 11.1 Å². The van der Waals surface area contributed by atoms with Crippen LogP contribution in [0.15, 0.2) is 47.6 Å². The molecule has 0 bridgehead atoms. The van der Waals surface area contributed by atoms with Crippen LogP contribution in [-0.4, -0.2) is 13.4 Å². The highest BCUT2D eigenvalue weighted by Crippen LogP contribution is 2.37. The van der Waals surface area contributed by atoms with Crippen molar-refractivity contribution in [1.82, 2.24) is 4.98 Å². The zero-order chi connectivity index (χ0) is 15.0. The molecule has 2 rings (SSSR count). The summed E-state index contributed by atoms with van der Waals surface area (Å²) in [5.41, 5.74) is -0.653. The molecule has 0 aliphatic rings. The second-order valence-corrected chi connectivity index (χ2v) is 6.42. The average Bonchev–Trinajstić information content (AvgIpc) is 2.37. The molecular weight excluding hydrogens is 315 g/mol. The molecule has 0 aliphatic heterocycles. The van der Waals surface area contributed by atoms with E-state index < -0.39 is 25.7 Å². The van der Waals surface area contributed by atoms with Crippen LogP contribution in [0, 0.1) is 0 Å². The van der Waals surface area contributed by atoms with Gasteiger partial charge in [0.05, 0.1) is 10.5 Å². The normalized spacial score (nSPS) is 12.4. The molecule has 2 aromatic rings. The van der Waals surface area contributed by atoms with Crippen LogP contribution in [0.2, 0.25) is 0 Å². The van der Waals surface area contributed by atoms with Crippen molar-refractivity contribution < 1.29 is 21.6 Å². The molecular formula is C12H7ClF3NO2S. The number of rotatable bonds is 2. The number of halogens is 4. The number of alkyl halides is 3. The topological polar surface area (TPSA) is 47.0 Å². The third-order valence-electron chi connectivity index (χ3n) is 2.54. The van der Waals surface area contributed by atoms with Crippen LogP contribution in [0.5, 0.6) is 0 Å². The molecule has 0 aliphatic carbocycles. The van der Waals surface area contributed by atoms with Gasteiger partial charge in [0.1, 0.15) is 0 Å². The van der Waals surface area contributed by atoms with Gasteiger partial charge in [0.2, 0.25) is 0 Å². The molecule has 8 heteroatoms. The fourth-order valence-electron chi connectivity index (χ4n) is 1.68. The standard InChI is InChI=1S/C12H7ClF3NO2S/c13-20(18,19)11-4-3-8(6-10(11)12(14,15)16)9-2-1-5-17-7-9/h1-7H. The zero-order valence-electron chi connectivity index (χ0n) is 9.73. The first kappa shape index (κ1) is 14.8. The van der Waals surface area contributed by atoms with E-state index >= 15 is 0 Å². The van der Waals surface area contributed by atoms with Crippen molar-refractivity contribution in [1.29, 1.82) is 0 Å². The maximum atomic E-state index is 12.9. The van der Waals surface area contributed by atoms with E-state index in [2.05, 4.69) is 4.98 Å². The first-order chi connectivity index (χ1) is 9.19. The fourth-order valence-corrected chi connectivity index (χ4v) is 2.75. The molecule has 1 aromatic heterocycles. The van der Waals surface area contributed by atoms with Gasteiger partial charge in [-0.2, -0.15) is 13.2 Å². The number of pyridine rings is 1. The highest BCUT2D eigenvalue weighted by molar-refractivity contribution is 8.13. The lowest BCUT2D eigenvalue weighted by Crippen LogP contribution is -2.10. The van der Waals surface area contributed by atoms with Gasteiger partial charge in [-0.3, -0.25) is 4.98 Å². The van der Waals surface area contributed by atoms with Crippen molar-refractivity contribution in [2.75, 3.05) is 0 Å². The number of hydrogen-bond acceptors (Lipinski definition) is 3. The van der Waals surface area contributed by atoms with Crippen molar-refractivity contribution in [2.45, 2.75) is 11.1 Å². The van der Waals surface area contributed by atoms with Gasteiger partial charge in [-0.05, 0) is 23.8 Å². The predicted molar refractivity (Wildman–Crippen MR) is 67.7 cm³/mol. The molecule has 0 N–H and O–H groups in total. The second-order valence-electron chi connectivity index (χ2n) is 3.89. The number of hydrogen-bond donors (Lipinski definition) is 0. The molecule has 3 nitrogen and oxygen atoms in total. The first-order valence-electron chi connectivity index (χ1n) is 5.26. The molecule has 0 unspecified atom stereocenters. The van der Waals surface area contributed by atoms with Gasteiger partial charge < -0.3 is 0 Å². The lowest BCUT2D eigenvalue weighted by atomic mass is 10.0. The van der Waals surface area contributed by atoms with Crippen molar-refractivity contribution >= 4 is 19.7 Å². The number of benzene rings is 1. The van der Waals surface area contributed by atoms with Crippen molar-refractivity contribution in [3.05, 3.63) is 48.3 Å². The maximum Gasteiger partial charge on any atom is 0.417 e. The minimum atomic E-state index is -4.82. The Morgan fingerprint density at radius 1 is 1.10 bits per heavy atom. The van der Waals surface area contributed by atoms with Gasteiger partial charge in [-0.25, -0.2) is 8.42 Å². The minimum absolute atomic E-state index is 0.203. The van der Waals surface area contributed by atoms with Crippen molar-refractivity contribution in [2.24, 2.45) is 0 Å². The SMILES string of the molecule is O=S(=O)(Cl)c1ccc(-c2cccnc2)cc1C(F)(F)F. The molecule has 0 saturated heterocycles. The van der Waals surface area contributed by atoms with Gasteiger partial charge in [-0.15, -0.1) is 0 Å². The van der Waals surface area contributed by atoms with E-state index in [9.17, 15) is 21.6 Å². The summed E-state index contributed by atoms with van der Waals surface area (Å²) in [6.07, 6.45) is -1.97. The van der Waals surface area contributed by atoms with Crippen molar-refractivity contribution in [3.63, 3.8) is 0 Å². The lowest BCUT2D eigenvalue weighted by Gasteiger charge is -2.12. The first-order valence-corrected chi connectivity index (χ1v) is 7.57. The Labute approximate surface area is 117 Å². The largest absolute Gasteiger partial charge is 0.417 e. The summed E-state index contributed by atoms with van der Waals surface area (Å²) < 4.78 is 61.2. The third kappa shape index (κ3) is 3.10. The molecule has 0 amide bonds. The monoisotopic (exact) mass is 321 g/mol. The van der Waals surface area contributed by atoms with Gasteiger partial charge in [0, 0.05) is 28.6 Å². The number of nitrogens with zero attached hydrogens (tertiary/aromatic N) is 1. The van der Waals surface area contributed by atoms with Crippen LogP contribution in [0.4, 0.5) is 13.2 Å². The van der Waals surface area contributed by atoms with E-state index in [-0.39, 0.29) is 5.56 Å². The molecule has 106 valence electrons. The Kier molecular flexibility index (Phi) is 3.75. The van der Waals surface area contributed by atoms with Crippen LogP contribution in [-0.2, 0) is 15.2 Å². The van der Waals surface area contributed by atoms with E-state index in [1.807, 2.05) is 0 Å². The Balaban J connectivity index is 2.68. The Morgan fingerprint density at radius 3 is 2.30 bits per heavy atom. The Morgan fingerprint density at radius 2 is 1.80 bits per heavy atom. The average molecular weight is 322 g/mol. The second kappa shape index (κ2) is 5.06. The molecule has 0 saturated carbocycles. The summed E-state index contributed by atoms with van der Waals surface area (Å²) in [5, 5.41) is 0. The van der Waals surface area contributed by atoms with E-state index in [4.69, 9.17) is 10.7 Å². The van der Waals surface area contributed by atoms with E-state index in [1.165, 1.54) is 18.5 Å². The van der Waals surface area contributed by atoms with Gasteiger partial charge >= 0.3 is 6.18 Å². The minimum Gasteiger partial charge on any atom is -0.264 e.